The average Bonchev–Trinajstić information content (AvgIpc) is 3.42. The Bertz CT molecular complexity index is 2370. The van der Waals surface area contributed by atoms with Crippen LogP contribution in [-0.4, -0.2) is 9.55 Å². The summed E-state index contributed by atoms with van der Waals surface area (Å²) in [6.45, 7) is 20.2. The zero-order valence-corrected chi connectivity index (χ0v) is 35.4. The van der Waals surface area contributed by atoms with Crippen LogP contribution in [0.2, 0.25) is 0 Å². The average molecular weight is 895 g/mol. The van der Waals surface area contributed by atoms with Crippen molar-refractivity contribution in [2.45, 2.75) is 78.6 Å². The van der Waals surface area contributed by atoms with Crippen LogP contribution in [-0.2, 0) is 37.3 Å². The molecule has 2 heterocycles. The van der Waals surface area contributed by atoms with Crippen LogP contribution < -0.4 is 15.4 Å². The minimum Gasteiger partial charge on any atom is -0.509 e. The fraction of sp³-hybridized carbons (Fsp3) is 0.250. The summed E-state index contributed by atoms with van der Waals surface area (Å²) >= 11 is 0. The van der Waals surface area contributed by atoms with Gasteiger partial charge in [0.05, 0.1) is 11.4 Å². The largest absolute Gasteiger partial charge is 0.509 e. The second-order valence-corrected chi connectivity index (χ2v) is 16.7. The van der Waals surface area contributed by atoms with Crippen LogP contribution in [0.3, 0.4) is 0 Å². The number of ether oxygens (including phenoxy) is 1. The number of benzene rings is 5. The summed E-state index contributed by atoms with van der Waals surface area (Å²) in [7, 11) is 0. The van der Waals surface area contributed by atoms with Gasteiger partial charge in [-0.3, -0.25) is 0 Å². The summed E-state index contributed by atoms with van der Waals surface area (Å²) in [6.07, 6.45) is 1.89. The summed E-state index contributed by atoms with van der Waals surface area (Å²) in [5.74, 6) is 2.05. The molecule has 7 rings (SSSR count). The summed E-state index contributed by atoms with van der Waals surface area (Å²) < 4.78 is 8.63. The molecule has 6 heteroatoms. The number of rotatable bonds is 7. The van der Waals surface area contributed by atoms with E-state index in [1.807, 2.05) is 36.5 Å². The quantitative estimate of drug-likeness (QED) is 0.157. The Hall–Kier alpha value is -4.86. The van der Waals surface area contributed by atoms with Crippen molar-refractivity contribution in [2.24, 2.45) is 0 Å². The zero-order chi connectivity index (χ0) is 36.8. The van der Waals surface area contributed by atoms with Gasteiger partial charge in [0.2, 0.25) is 0 Å². The smallest absolute Gasteiger partial charge is 0.135 e. The molecule has 0 aliphatic rings. The maximum absolute atomic E-state index is 6.45. The van der Waals surface area contributed by atoms with Crippen LogP contribution >= 0.6 is 0 Å². The van der Waals surface area contributed by atoms with E-state index >= 15 is 0 Å². The Labute approximate surface area is 336 Å². The van der Waals surface area contributed by atoms with Gasteiger partial charge in [0.15, 0.2) is 0 Å². The number of hydrogen-bond donors (Lipinski definition) is 2. The van der Waals surface area contributed by atoms with Gasteiger partial charge in [-0.2, -0.15) is 12.1 Å². The third kappa shape index (κ3) is 8.58. The van der Waals surface area contributed by atoms with Gasteiger partial charge in [-0.05, 0) is 80.8 Å². The van der Waals surface area contributed by atoms with Gasteiger partial charge in [-0.1, -0.05) is 110 Å². The molecule has 0 atom stereocenters. The summed E-state index contributed by atoms with van der Waals surface area (Å²) in [4.78, 5) is 4.81. The molecule has 54 heavy (non-hydrogen) atoms. The first kappa shape index (κ1) is 40.3. The van der Waals surface area contributed by atoms with E-state index in [4.69, 9.17) is 9.72 Å². The van der Waals surface area contributed by atoms with E-state index in [0.717, 1.165) is 50.4 Å². The number of nitrogens with zero attached hydrogens (tertiary/aromatic N) is 2. The summed E-state index contributed by atoms with van der Waals surface area (Å²) in [5.41, 5.74) is 9.64. The van der Waals surface area contributed by atoms with Crippen LogP contribution in [0.5, 0.6) is 11.5 Å². The van der Waals surface area contributed by atoms with Gasteiger partial charge in [-0.15, -0.1) is 35.7 Å². The van der Waals surface area contributed by atoms with Crippen molar-refractivity contribution in [3.8, 4) is 17.3 Å². The Morgan fingerprint density at radius 2 is 1.19 bits per heavy atom. The molecule has 2 aromatic heterocycles. The molecule has 0 aliphatic carbocycles. The maximum Gasteiger partial charge on any atom is 0.135 e. The standard InChI is InChI=1S/C47H48N4O.CH3.Pt/c1-45(2,3)31-23-24-48-44(28-31)51-42-20-13-10-17-38(42)39-22-21-37(30-43(39)51)52-36-16-14-15-34(29-36)49-40-18-11-12-19-41(40)50-35-26-32(46(4,5)6)25-33(27-35)47(7,8)9;;/h10-28,49-50H,1-9H3;1H3;/q-2;-1;. The number of aromatic nitrogens is 2. The molecular weight excluding hydrogens is 844 g/mol. The Kier molecular flexibility index (Phi) is 11.6. The topological polar surface area (TPSA) is 51.1 Å². The van der Waals surface area contributed by atoms with Gasteiger partial charge in [0.1, 0.15) is 5.82 Å². The molecule has 0 radical (unpaired) electrons. The van der Waals surface area contributed by atoms with Crippen molar-refractivity contribution in [1.29, 1.82) is 0 Å². The predicted octanol–water partition coefficient (Wildman–Crippen LogP) is 13.4. The van der Waals surface area contributed by atoms with Crippen molar-refractivity contribution in [2.75, 3.05) is 10.6 Å². The van der Waals surface area contributed by atoms with E-state index in [-0.39, 0.29) is 44.7 Å². The van der Waals surface area contributed by atoms with E-state index in [1.165, 1.54) is 16.7 Å². The minimum absolute atomic E-state index is 0. The molecule has 0 unspecified atom stereocenters. The first-order valence-electron chi connectivity index (χ1n) is 18.1. The fourth-order valence-electron chi connectivity index (χ4n) is 6.45. The molecule has 0 amide bonds. The zero-order valence-electron chi connectivity index (χ0n) is 33.1. The van der Waals surface area contributed by atoms with E-state index in [1.54, 1.807) is 0 Å². The Morgan fingerprint density at radius 1 is 0.574 bits per heavy atom. The molecule has 0 spiro atoms. The SMILES string of the molecule is CC(C)(C)c1cc(Nc2ccccc2Nc2[c-]c(Oc3[c-]c4c(cc3)c3ccccc3n4-c3cc(C(C)(C)C)ccn3)ccc2)cc(C(C)(C)C)c1.[CH3-].[Pt]. The van der Waals surface area contributed by atoms with Gasteiger partial charge >= 0.3 is 0 Å². The Morgan fingerprint density at radius 3 is 1.85 bits per heavy atom. The number of hydrogen-bond acceptors (Lipinski definition) is 4. The maximum atomic E-state index is 6.45. The molecule has 5 nitrogen and oxygen atoms in total. The monoisotopic (exact) mass is 894 g/mol. The number of fused-ring (bicyclic) bond motifs is 3. The molecule has 0 saturated heterocycles. The minimum atomic E-state index is -0.00692. The molecule has 0 fully saturated rings. The number of nitrogens with one attached hydrogen (secondary N) is 2. The van der Waals surface area contributed by atoms with E-state index in [2.05, 4.69) is 169 Å². The van der Waals surface area contributed by atoms with E-state index in [9.17, 15) is 0 Å². The third-order valence-corrected chi connectivity index (χ3v) is 9.53. The molecule has 0 saturated carbocycles. The van der Waals surface area contributed by atoms with Crippen molar-refractivity contribution in [1.82, 2.24) is 9.55 Å². The van der Waals surface area contributed by atoms with Gasteiger partial charge in [0, 0.05) is 50.0 Å². The molecule has 0 aliphatic heterocycles. The first-order chi connectivity index (χ1) is 24.6. The van der Waals surface area contributed by atoms with Gasteiger partial charge in [0.25, 0.3) is 0 Å². The molecule has 7 aromatic rings. The summed E-state index contributed by atoms with van der Waals surface area (Å²) in [5, 5.41) is 9.53. The van der Waals surface area contributed by atoms with Crippen molar-refractivity contribution in [3.05, 3.63) is 152 Å². The first-order valence-corrected chi connectivity index (χ1v) is 18.1. The normalized spacial score (nSPS) is 11.9. The number of pyridine rings is 1. The second kappa shape index (κ2) is 15.5. The molecule has 0 bridgehead atoms. The second-order valence-electron chi connectivity index (χ2n) is 16.7. The van der Waals surface area contributed by atoms with Gasteiger partial charge < -0.3 is 27.4 Å². The fourth-order valence-corrected chi connectivity index (χ4v) is 6.45. The van der Waals surface area contributed by atoms with Gasteiger partial charge in [-0.25, -0.2) is 4.98 Å². The predicted molar refractivity (Wildman–Crippen MR) is 225 cm³/mol. The van der Waals surface area contributed by atoms with Crippen molar-refractivity contribution >= 4 is 44.6 Å². The van der Waals surface area contributed by atoms with Crippen LogP contribution in [0.25, 0.3) is 27.6 Å². The van der Waals surface area contributed by atoms with Crippen molar-refractivity contribution in [3.63, 3.8) is 0 Å². The number of anilines is 4. The van der Waals surface area contributed by atoms with Crippen LogP contribution in [0, 0.1) is 19.6 Å². The molecule has 2 N–H and O–H groups in total. The summed E-state index contributed by atoms with van der Waals surface area (Å²) in [6, 6.07) is 44.8. The number of para-hydroxylation sites is 3. The van der Waals surface area contributed by atoms with E-state index < -0.39 is 0 Å². The van der Waals surface area contributed by atoms with Crippen molar-refractivity contribution < 1.29 is 25.8 Å². The van der Waals surface area contributed by atoms with Crippen LogP contribution in [0.15, 0.2) is 115 Å². The van der Waals surface area contributed by atoms with Crippen LogP contribution in [0.4, 0.5) is 22.7 Å². The van der Waals surface area contributed by atoms with Crippen LogP contribution in [0.1, 0.15) is 79.0 Å². The third-order valence-electron chi connectivity index (χ3n) is 9.53. The molecular formula is C48H51N4OPt-3. The van der Waals surface area contributed by atoms with E-state index in [0.29, 0.717) is 11.5 Å². The molecule has 5 aromatic carbocycles. The Balaban J connectivity index is 0.00000280. The molecule has 282 valence electrons.